The molecule has 2 aromatic rings. The molecule has 0 atom stereocenters. The van der Waals surface area contributed by atoms with E-state index >= 15 is 0 Å². The Morgan fingerprint density at radius 1 is 1.21 bits per heavy atom. The topological polar surface area (TPSA) is 69.8 Å². The molecule has 0 aliphatic carbocycles. The second-order valence-electron chi connectivity index (χ2n) is 7.86. The third kappa shape index (κ3) is 6.03. The van der Waals surface area contributed by atoms with Crippen molar-refractivity contribution in [1.29, 1.82) is 0 Å². The van der Waals surface area contributed by atoms with Crippen molar-refractivity contribution in [2.45, 2.75) is 39.7 Å². The van der Waals surface area contributed by atoms with Crippen molar-refractivity contribution >= 4 is 35.6 Å². The molecule has 160 valence electrons. The zero-order valence-corrected chi connectivity index (χ0v) is 19.8. The predicted octanol–water partition coefficient (Wildman–Crippen LogP) is 3.41. The number of anilines is 1. The number of benzene rings is 1. The number of halogens is 2. The van der Waals surface area contributed by atoms with Crippen LogP contribution in [-0.2, 0) is 12.0 Å². The minimum Gasteiger partial charge on any atom is -0.366 e. The van der Waals surface area contributed by atoms with Crippen LogP contribution >= 0.6 is 24.0 Å². The highest BCUT2D eigenvalue weighted by Crippen LogP contribution is 2.21. The van der Waals surface area contributed by atoms with Crippen molar-refractivity contribution in [2.24, 2.45) is 4.99 Å². The van der Waals surface area contributed by atoms with Crippen molar-refractivity contribution in [3.8, 4) is 0 Å². The summed E-state index contributed by atoms with van der Waals surface area (Å²) in [6.45, 7) is 12.3. The first-order chi connectivity index (χ1) is 13.4. The molecule has 0 radical (unpaired) electrons. The Morgan fingerprint density at radius 3 is 2.48 bits per heavy atom. The summed E-state index contributed by atoms with van der Waals surface area (Å²) >= 11 is 0. The maximum absolute atomic E-state index is 14.0. The highest BCUT2D eigenvalue weighted by atomic mass is 127. The summed E-state index contributed by atoms with van der Waals surface area (Å²) < 4.78 is 19.4. The van der Waals surface area contributed by atoms with Crippen LogP contribution < -0.4 is 10.2 Å². The summed E-state index contributed by atoms with van der Waals surface area (Å²) in [5, 5.41) is 7.35. The van der Waals surface area contributed by atoms with Gasteiger partial charge in [-0.1, -0.05) is 38.1 Å². The quantitative estimate of drug-likeness (QED) is 0.382. The normalized spacial score (nSPS) is 15.3. The molecule has 0 spiro atoms. The maximum Gasteiger partial charge on any atom is 0.232 e. The van der Waals surface area contributed by atoms with Gasteiger partial charge in [-0.2, -0.15) is 4.98 Å². The molecule has 29 heavy (non-hydrogen) atoms. The Morgan fingerprint density at radius 2 is 1.90 bits per heavy atom. The van der Waals surface area contributed by atoms with E-state index in [9.17, 15) is 4.39 Å². The van der Waals surface area contributed by atoms with Crippen molar-refractivity contribution in [1.82, 2.24) is 20.4 Å². The number of guanidine groups is 1. The Kier molecular flexibility index (Phi) is 8.23. The summed E-state index contributed by atoms with van der Waals surface area (Å²) in [6.07, 6.45) is 0. The summed E-state index contributed by atoms with van der Waals surface area (Å²) in [6, 6.07) is 6.92. The van der Waals surface area contributed by atoms with Gasteiger partial charge >= 0.3 is 0 Å². The molecule has 1 fully saturated rings. The molecule has 9 heteroatoms. The van der Waals surface area contributed by atoms with Crippen LogP contribution in [0.1, 0.15) is 39.4 Å². The molecule has 1 aliphatic rings. The Hall–Kier alpha value is -1.91. The highest BCUT2D eigenvalue weighted by molar-refractivity contribution is 14.0. The van der Waals surface area contributed by atoms with E-state index in [-0.39, 0.29) is 35.2 Å². The summed E-state index contributed by atoms with van der Waals surface area (Å²) in [5.41, 5.74) is 0.480. The van der Waals surface area contributed by atoms with Gasteiger partial charge in [-0.15, -0.1) is 24.0 Å². The monoisotopic (exact) mass is 516 g/mol. The first kappa shape index (κ1) is 23.4. The lowest BCUT2D eigenvalue weighted by Gasteiger charge is -2.37. The number of hydrogen-bond acceptors (Lipinski definition) is 5. The molecular weight excluding hydrogens is 486 g/mol. The molecule has 2 heterocycles. The van der Waals surface area contributed by atoms with Gasteiger partial charge in [0, 0.05) is 38.1 Å². The van der Waals surface area contributed by atoms with E-state index in [1.165, 1.54) is 6.07 Å². The molecule has 0 unspecified atom stereocenters. The molecule has 1 aromatic heterocycles. The minimum absolute atomic E-state index is 0. The fourth-order valence-corrected chi connectivity index (χ4v) is 3.06. The van der Waals surface area contributed by atoms with E-state index in [1.54, 1.807) is 6.07 Å². The van der Waals surface area contributed by atoms with Crippen molar-refractivity contribution in [3.05, 3.63) is 41.8 Å². The average molecular weight is 516 g/mol. The third-order valence-corrected chi connectivity index (χ3v) is 4.59. The SMILES string of the molecule is CCNC(=NCc1noc(C(C)(C)C)n1)N1CCN(c2ccccc2F)CC1.I. The molecule has 1 aromatic carbocycles. The van der Waals surface area contributed by atoms with Gasteiger partial charge in [-0.05, 0) is 19.1 Å². The number of rotatable bonds is 4. The largest absolute Gasteiger partial charge is 0.366 e. The Bertz CT molecular complexity index is 811. The molecule has 0 amide bonds. The van der Waals surface area contributed by atoms with Crippen LogP contribution in [0.5, 0.6) is 0 Å². The van der Waals surface area contributed by atoms with Crippen molar-refractivity contribution in [3.63, 3.8) is 0 Å². The van der Waals surface area contributed by atoms with E-state index in [2.05, 4.69) is 30.2 Å². The lowest BCUT2D eigenvalue weighted by molar-refractivity contribution is 0.318. The number of aliphatic imine (C=N–C) groups is 1. The van der Waals surface area contributed by atoms with Crippen molar-refractivity contribution < 1.29 is 8.91 Å². The number of piperazine rings is 1. The fourth-order valence-electron chi connectivity index (χ4n) is 3.06. The van der Waals surface area contributed by atoms with E-state index in [1.807, 2.05) is 39.8 Å². The lowest BCUT2D eigenvalue weighted by Crippen LogP contribution is -2.52. The molecule has 1 saturated heterocycles. The molecule has 0 saturated carbocycles. The molecule has 1 aliphatic heterocycles. The lowest BCUT2D eigenvalue weighted by atomic mass is 9.97. The van der Waals surface area contributed by atoms with Gasteiger partial charge in [0.25, 0.3) is 0 Å². The highest BCUT2D eigenvalue weighted by Gasteiger charge is 2.23. The zero-order valence-electron chi connectivity index (χ0n) is 17.5. The molecule has 3 rings (SSSR count). The summed E-state index contributed by atoms with van der Waals surface area (Å²) in [4.78, 5) is 13.4. The summed E-state index contributed by atoms with van der Waals surface area (Å²) in [5.74, 6) is 1.83. The average Bonchev–Trinajstić information content (AvgIpc) is 3.15. The Labute approximate surface area is 188 Å². The smallest absolute Gasteiger partial charge is 0.232 e. The van der Waals surface area contributed by atoms with Gasteiger partial charge in [0.1, 0.15) is 12.4 Å². The van der Waals surface area contributed by atoms with Crippen LogP contribution in [0.3, 0.4) is 0 Å². The Balaban J connectivity index is 0.00000300. The maximum atomic E-state index is 14.0. The van der Waals surface area contributed by atoms with Crippen LogP contribution in [0.2, 0.25) is 0 Å². The number of para-hydroxylation sites is 1. The molecule has 1 N–H and O–H groups in total. The van der Waals surface area contributed by atoms with Crippen molar-refractivity contribution in [2.75, 3.05) is 37.6 Å². The van der Waals surface area contributed by atoms with Crippen LogP contribution in [0, 0.1) is 5.82 Å². The second kappa shape index (κ2) is 10.2. The first-order valence-electron chi connectivity index (χ1n) is 9.74. The van der Waals surface area contributed by atoms with Crippen LogP contribution in [0.25, 0.3) is 0 Å². The van der Waals surface area contributed by atoms with Gasteiger partial charge in [0.2, 0.25) is 5.89 Å². The second-order valence-corrected chi connectivity index (χ2v) is 7.86. The van der Waals surface area contributed by atoms with Crippen LogP contribution in [0.4, 0.5) is 10.1 Å². The standard InChI is InChI=1S/C20H29FN6O.HI/c1-5-22-19(23-14-17-24-18(28-25-17)20(2,3)4)27-12-10-26(11-13-27)16-9-7-6-8-15(16)21;/h6-9H,5,10-14H2,1-4H3,(H,22,23);1H. The van der Waals surface area contributed by atoms with E-state index in [0.29, 0.717) is 23.9 Å². The van der Waals surface area contributed by atoms with Gasteiger partial charge in [-0.25, -0.2) is 9.38 Å². The van der Waals surface area contributed by atoms with Gasteiger partial charge in [0.05, 0.1) is 5.69 Å². The summed E-state index contributed by atoms with van der Waals surface area (Å²) in [7, 11) is 0. The van der Waals surface area contributed by atoms with E-state index in [0.717, 1.165) is 38.7 Å². The fraction of sp³-hybridized carbons (Fsp3) is 0.550. The van der Waals surface area contributed by atoms with E-state index in [4.69, 9.17) is 4.52 Å². The van der Waals surface area contributed by atoms with Gasteiger partial charge in [-0.3, -0.25) is 0 Å². The third-order valence-electron chi connectivity index (χ3n) is 4.59. The van der Waals surface area contributed by atoms with Gasteiger partial charge < -0.3 is 19.6 Å². The van der Waals surface area contributed by atoms with E-state index < -0.39 is 0 Å². The molecule has 7 nitrogen and oxygen atoms in total. The van der Waals surface area contributed by atoms with Crippen LogP contribution in [-0.4, -0.2) is 53.7 Å². The molecule has 0 bridgehead atoms. The number of nitrogens with zero attached hydrogens (tertiary/aromatic N) is 5. The minimum atomic E-state index is -0.178. The predicted molar refractivity (Wildman–Crippen MR) is 123 cm³/mol. The zero-order chi connectivity index (χ0) is 20.1. The number of nitrogens with one attached hydrogen (secondary N) is 1. The van der Waals surface area contributed by atoms with Gasteiger partial charge in [0.15, 0.2) is 11.8 Å². The molecular formula is C20H30FIN6O. The van der Waals surface area contributed by atoms with Crippen LogP contribution in [0.15, 0.2) is 33.8 Å². The number of hydrogen-bond donors (Lipinski definition) is 1. The number of aromatic nitrogens is 2. The first-order valence-corrected chi connectivity index (χ1v) is 9.74.